The molecule has 0 spiro atoms. The van der Waals surface area contributed by atoms with Gasteiger partial charge in [0, 0.05) is 0 Å². The Morgan fingerprint density at radius 3 is 1.00 bits per heavy atom. The van der Waals surface area contributed by atoms with Crippen LogP contribution in [0.3, 0.4) is 0 Å². The summed E-state index contributed by atoms with van der Waals surface area (Å²) in [6.45, 7) is 6.69. The van der Waals surface area contributed by atoms with Gasteiger partial charge in [0.25, 0.3) is 0 Å². The van der Waals surface area contributed by atoms with Gasteiger partial charge >= 0.3 is 0 Å². The first-order valence-electron chi connectivity index (χ1n) is 1.34. The molecule has 0 saturated carbocycles. The molecule has 0 radical (unpaired) electrons. The Morgan fingerprint density at radius 2 is 1.00 bits per heavy atom. The van der Waals surface area contributed by atoms with Crippen LogP contribution in [0.15, 0.2) is 0 Å². The Kier molecular flexibility index (Phi) is 9.78. The second kappa shape index (κ2) is 5.16. The van der Waals surface area contributed by atoms with Gasteiger partial charge in [0.05, 0.1) is 0 Å². The van der Waals surface area contributed by atoms with Gasteiger partial charge in [-0.1, -0.05) is 0 Å². The van der Waals surface area contributed by atoms with Crippen LogP contribution in [0, 0.1) is 0 Å². The van der Waals surface area contributed by atoms with Crippen LogP contribution in [0.5, 0.6) is 0 Å². The van der Waals surface area contributed by atoms with E-state index in [-0.39, 0.29) is 24.0 Å². The van der Waals surface area contributed by atoms with Gasteiger partial charge in [0.1, 0.15) is 0 Å². The minimum absolute atomic E-state index is 0. The monoisotopic (exact) mass is 205 g/mol. The highest BCUT2D eigenvalue weighted by atomic mass is 127. The van der Waals surface area contributed by atoms with Crippen LogP contribution in [-0.2, 0) is 0 Å². The third-order valence-corrected chi connectivity index (χ3v) is 0. The van der Waals surface area contributed by atoms with Crippen molar-refractivity contribution in [3.05, 3.63) is 0 Å². The Morgan fingerprint density at radius 1 is 1.00 bits per heavy atom. The zero-order valence-electron chi connectivity index (χ0n) is 3.89. The maximum atomic E-state index is 2.23. The second-order valence-electron chi connectivity index (χ2n) is 1.34. The van der Waals surface area contributed by atoms with E-state index in [0.29, 0.717) is 7.92 Å². The molecular formula is C3H11IP+. The van der Waals surface area contributed by atoms with E-state index in [1.54, 1.807) is 0 Å². The quantitative estimate of drug-likeness (QED) is 0.312. The maximum Gasteiger partial charge on any atom is 0.235 e. The summed E-state index contributed by atoms with van der Waals surface area (Å²) in [4.78, 5) is 0. The van der Waals surface area contributed by atoms with Crippen molar-refractivity contribution in [1.29, 1.82) is 0 Å². The first kappa shape index (κ1) is 9.48. The van der Waals surface area contributed by atoms with E-state index in [9.17, 15) is 0 Å². The van der Waals surface area contributed by atoms with Crippen molar-refractivity contribution in [2.24, 2.45) is 0 Å². The second-order valence-corrected chi connectivity index (χ2v) is 4.02. The minimum atomic E-state index is 0. The Bertz CT molecular complexity index is 11.6. The number of halogens is 1. The zero-order valence-corrected chi connectivity index (χ0v) is 7.34. The van der Waals surface area contributed by atoms with Crippen molar-refractivity contribution < 1.29 is 24.0 Å². The van der Waals surface area contributed by atoms with Crippen LogP contribution in [0.2, 0.25) is 0 Å². The summed E-state index contributed by atoms with van der Waals surface area (Å²) in [5, 5.41) is 0. The number of hydrogen-bond donors (Lipinski definition) is 0. The highest BCUT2D eigenvalue weighted by Crippen LogP contribution is 2.14. The summed E-state index contributed by atoms with van der Waals surface area (Å²) in [5.41, 5.74) is 0. The predicted octanol–water partition coefficient (Wildman–Crippen LogP) is -2.17. The van der Waals surface area contributed by atoms with Crippen LogP contribution in [0.1, 0.15) is 0 Å². The maximum absolute atomic E-state index is 2.23. The lowest BCUT2D eigenvalue weighted by Crippen LogP contribution is -3.00. The number of hydrogen-bond acceptors (Lipinski definition) is 0. The molecular weight excluding hydrogens is 194 g/mol. The summed E-state index contributed by atoms with van der Waals surface area (Å²) in [6.07, 6.45) is 0. The fraction of sp³-hybridized carbons (Fsp3) is 1.00. The van der Waals surface area contributed by atoms with E-state index in [2.05, 4.69) is 20.0 Å². The molecule has 0 N–H and O–H groups in total. The van der Waals surface area contributed by atoms with Gasteiger partial charge < -0.3 is 0 Å². The van der Waals surface area contributed by atoms with Gasteiger partial charge in [-0.05, 0) is 20.0 Å². The molecule has 0 aliphatic rings. The van der Waals surface area contributed by atoms with Gasteiger partial charge in [-0.3, -0.25) is 0 Å². The van der Waals surface area contributed by atoms with Crippen LogP contribution in [-0.4, -0.2) is 20.0 Å². The van der Waals surface area contributed by atoms with Crippen molar-refractivity contribution in [1.82, 2.24) is 0 Å². The first-order valence-corrected chi connectivity index (χ1v) is 4.02. The fourth-order valence-corrected chi connectivity index (χ4v) is 0. The zero-order chi connectivity index (χ0) is 3.58. The Labute approximate surface area is 52.1 Å². The van der Waals surface area contributed by atoms with E-state index < -0.39 is 0 Å². The molecule has 34 valence electrons. The van der Waals surface area contributed by atoms with Crippen molar-refractivity contribution in [3.8, 4) is 0 Å². The van der Waals surface area contributed by atoms with Crippen LogP contribution >= 0.6 is 7.92 Å². The molecule has 0 bridgehead atoms. The highest BCUT2D eigenvalue weighted by molar-refractivity contribution is 7.55. The third-order valence-electron chi connectivity index (χ3n) is 0. The Balaban J connectivity index is 0. The van der Waals surface area contributed by atoms with E-state index in [1.165, 1.54) is 0 Å². The molecule has 0 aliphatic carbocycles. The summed E-state index contributed by atoms with van der Waals surface area (Å²) < 4.78 is 0. The number of rotatable bonds is 0. The lowest BCUT2D eigenvalue weighted by Gasteiger charge is -1.81. The van der Waals surface area contributed by atoms with Crippen LogP contribution in [0.25, 0.3) is 0 Å². The molecule has 0 amide bonds. The van der Waals surface area contributed by atoms with Crippen molar-refractivity contribution >= 4 is 7.92 Å². The molecule has 2 heteroatoms. The summed E-state index contributed by atoms with van der Waals surface area (Å²) in [5.74, 6) is 0. The molecule has 0 nitrogen and oxygen atoms in total. The van der Waals surface area contributed by atoms with Gasteiger partial charge in [0.2, 0.25) is 24.0 Å². The van der Waals surface area contributed by atoms with Gasteiger partial charge in [-0.2, -0.15) is 0 Å². The standard InChI is InChI=1S/C3H9P.H2I/c1-4(2)3;/h1-3H3;1H2/q;+1. The van der Waals surface area contributed by atoms with Crippen LogP contribution < -0.4 is 24.0 Å². The average molecular weight is 205 g/mol. The van der Waals surface area contributed by atoms with Gasteiger partial charge in [-0.15, -0.1) is 7.92 Å². The first-order chi connectivity index (χ1) is 1.73. The molecule has 0 aromatic heterocycles. The smallest absolute Gasteiger partial charge is 0.116 e. The average Bonchev–Trinajstić information content (AvgIpc) is 0.811. The van der Waals surface area contributed by atoms with Gasteiger partial charge in [-0.25, -0.2) is 0 Å². The fourth-order valence-electron chi connectivity index (χ4n) is 0. The molecule has 0 heterocycles. The summed E-state index contributed by atoms with van der Waals surface area (Å²) >= 11 is 0. The van der Waals surface area contributed by atoms with E-state index in [1.807, 2.05) is 0 Å². The van der Waals surface area contributed by atoms with E-state index >= 15 is 0 Å². The van der Waals surface area contributed by atoms with Gasteiger partial charge in [0.15, 0.2) is 0 Å². The summed E-state index contributed by atoms with van der Waals surface area (Å²) in [7, 11) is 0.380. The predicted molar refractivity (Wildman–Crippen MR) is 27.5 cm³/mol. The minimum Gasteiger partial charge on any atom is -0.116 e. The molecule has 0 fully saturated rings. The van der Waals surface area contributed by atoms with Crippen LogP contribution in [0.4, 0.5) is 0 Å². The molecule has 0 unspecified atom stereocenters. The van der Waals surface area contributed by atoms with E-state index in [4.69, 9.17) is 0 Å². The van der Waals surface area contributed by atoms with Crippen molar-refractivity contribution in [2.75, 3.05) is 20.0 Å². The molecule has 0 atom stereocenters. The molecule has 0 rings (SSSR count). The lowest BCUT2D eigenvalue weighted by atomic mass is 11.9. The molecule has 5 heavy (non-hydrogen) atoms. The SMILES string of the molecule is CP(C)C.[IH2+]. The molecule has 0 saturated heterocycles. The van der Waals surface area contributed by atoms with E-state index in [0.717, 1.165) is 0 Å². The molecule has 0 aliphatic heterocycles. The third kappa shape index (κ3) is 38.3. The topological polar surface area (TPSA) is 0 Å². The molecule has 0 aromatic rings. The largest absolute Gasteiger partial charge is 0.235 e. The normalized spacial score (nSPS) is 7.20. The van der Waals surface area contributed by atoms with Crippen molar-refractivity contribution in [2.45, 2.75) is 0 Å². The highest BCUT2D eigenvalue weighted by Gasteiger charge is 1.65. The Hall–Kier alpha value is 1.16. The molecule has 0 aromatic carbocycles. The summed E-state index contributed by atoms with van der Waals surface area (Å²) in [6, 6.07) is 0. The lowest BCUT2D eigenvalue weighted by molar-refractivity contribution is -0.00000109. The van der Waals surface area contributed by atoms with Crippen molar-refractivity contribution in [3.63, 3.8) is 0 Å².